The summed E-state index contributed by atoms with van der Waals surface area (Å²) >= 11 is 4.20. The van der Waals surface area contributed by atoms with Crippen LogP contribution in [0.15, 0.2) is 0 Å². The third-order valence-electron chi connectivity index (χ3n) is 1.25. The van der Waals surface area contributed by atoms with E-state index in [1.807, 2.05) is 6.92 Å². The van der Waals surface area contributed by atoms with Crippen LogP contribution in [0.2, 0.25) is 0 Å². The minimum absolute atomic E-state index is 0.377. The largest absolute Gasteiger partial charge is 0.380 e. The lowest BCUT2D eigenvalue weighted by Gasteiger charge is -2.04. The Balaban J connectivity index is 2.77. The molecule has 0 heterocycles. The zero-order valence-electron chi connectivity index (χ0n) is 6.97. The molecule has 0 saturated carbocycles. The van der Waals surface area contributed by atoms with Gasteiger partial charge in [0.2, 0.25) is 0 Å². The fourth-order valence-corrected chi connectivity index (χ4v) is 0.813. The van der Waals surface area contributed by atoms with Gasteiger partial charge in [-0.1, -0.05) is 26.7 Å². The van der Waals surface area contributed by atoms with Gasteiger partial charge in [0.15, 0.2) is 0 Å². The predicted molar refractivity (Wildman–Crippen MR) is 48.8 cm³/mol. The second-order valence-electron chi connectivity index (χ2n) is 2.63. The number of rotatable bonds is 6. The van der Waals surface area contributed by atoms with Crippen molar-refractivity contribution in [1.29, 1.82) is 0 Å². The van der Waals surface area contributed by atoms with Crippen molar-refractivity contribution in [2.75, 3.05) is 13.2 Å². The van der Waals surface area contributed by atoms with Crippen LogP contribution in [0.5, 0.6) is 0 Å². The molecule has 62 valence electrons. The van der Waals surface area contributed by atoms with Gasteiger partial charge in [0, 0.05) is 11.9 Å². The second-order valence-corrected chi connectivity index (χ2v) is 3.51. The van der Waals surface area contributed by atoms with E-state index in [-0.39, 0.29) is 0 Å². The first-order valence-electron chi connectivity index (χ1n) is 4.03. The van der Waals surface area contributed by atoms with Crippen LogP contribution in [-0.4, -0.2) is 18.5 Å². The van der Waals surface area contributed by atoms with Gasteiger partial charge in [-0.25, -0.2) is 0 Å². The Hall–Kier alpha value is 0.310. The summed E-state index contributed by atoms with van der Waals surface area (Å²) in [6, 6.07) is 0. The van der Waals surface area contributed by atoms with Crippen molar-refractivity contribution >= 4 is 12.6 Å². The second kappa shape index (κ2) is 7.42. The molecule has 0 aliphatic heterocycles. The van der Waals surface area contributed by atoms with E-state index in [2.05, 4.69) is 19.6 Å². The first kappa shape index (κ1) is 10.3. The number of hydrogen-bond acceptors (Lipinski definition) is 2. The van der Waals surface area contributed by atoms with E-state index in [1.165, 1.54) is 19.3 Å². The van der Waals surface area contributed by atoms with Crippen molar-refractivity contribution in [1.82, 2.24) is 0 Å². The topological polar surface area (TPSA) is 9.23 Å². The molecule has 0 bridgehead atoms. The minimum atomic E-state index is 0.377. The molecule has 2 heteroatoms. The van der Waals surface area contributed by atoms with Crippen molar-refractivity contribution in [2.24, 2.45) is 0 Å². The van der Waals surface area contributed by atoms with E-state index in [0.717, 1.165) is 13.2 Å². The SMILES string of the molecule is CCCCCOCC(C)S. The molecule has 0 aromatic heterocycles. The van der Waals surface area contributed by atoms with Crippen molar-refractivity contribution in [3.63, 3.8) is 0 Å². The third-order valence-corrected chi connectivity index (χ3v) is 1.40. The summed E-state index contributed by atoms with van der Waals surface area (Å²) in [6.45, 7) is 5.93. The van der Waals surface area contributed by atoms with E-state index in [0.29, 0.717) is 5.25 Å². The molecule has 0 radical (unpaired) electrons. The molecular weight excluding hydrogens is 144 g/mol. The highest BCUT2D eigenvalue weighted by molar-refractivity contribution is 7.80. The molecule has 1 unspecified atom stereocenters. The van der Waals surface area contributed by atoms with Gasteiger partial charge < -0.3 is 4.74 Å². The van der Waals surface area contributed by atoms with Crippen LogP contribution in [-0.2, 0) is 4.74 Å². The molecule has 0 saturated heterocycles. The Morgan fingerprint density at radius 2 is 2.10 bits per heavy atom. The summed E-state index contributed by atoms with van der Waals surface area (Å²) < 4.78 is 5.32. The molecule has 0 amide bonds. The fourth-order valence-electron chi connectivity index (χ4n) is 0.708. The molecule has 0 aliphatic carbocycles. The van der Waals surface area contributed by atoms with Gasteiger partial charge in [0.25, 0.3) is 0 Å². The van der Waals surface area contributed by atoms with Gasteiger partial charge in [-0.3, -0.25) is 0 Å². The fraction of sp³-hybridized carbons (Fsp3) is 1.00. The van der Waals surface area contributed by atoms with Crippen LogP contribution in [0.3, 0.4) is 0 Å². The lowest BCUT2D eigenvalue weighted by molar-refractivity contribution is 0.134. The Morgan fingerprint density at radius 3 is 2.60 bits per heavy atom. The molecule has 0 spiro atoms. The molecule has 10 heavy (non-hydrogen) atoms. The summed E-state index contributed by atoms with van der Waals surface area (Å²) in [4.78, 5) is 0. The van der Waals surface area contributed by atoms with Crippen molar-refractivity contribution in [3.05, 3.63) is 0 Å². The molecule has 0 aromatic carbocycles. The number of hydrogen-bond donors (Lipinski definition) is 1. The smallest absolute Gasteiger partial charge is 0.0579 e. The number of ether oxygens (including phenoxy) is 1. The summed E-state index contributed by atoms with van der Waals surface area (Å²) in [6.07, 6.45) is 3.73. The number of thiol groups is 1. The molecule has 0 aliphatic rings. The highest BCUT2D eigenvalue weighted by Crippen LogP contribution is 1.97. The molecule has 1 atom stereocenters. The standard InChI is InChI=1S/C8H18OS/c1-3-4-5-6-9-7-8(2)10/h8,10H,3-7H2,1-2H3. The Labute approximate surface area is 69.6 Å². The van der Waals surface area contributed by atoms with Crippen LogP contribution in [0.25, 0.3) is 0 Å². The van der Waals surface area contributed by atoms with Gasteiger partial charge in [0.1, 0.15) is 0 Å². The molecule has 0 N–H and O–H groups in total. The highest BCUT2D eigenvalue weighted by Gasteiger charge is 1.92. The number of unbranched alkanes of at least 4 members (excludes halogenated alkanes) is 2. The Morgan fingerprint density at radius 1 is 1.40 bits per heavy atom. The summed E-state index contributed by atoms with van der Waals surface area (Å²) in [5.74, 6) is 0. The van der Waals surface area contributed by atoms with Gasteiger partial charge in [-0.05, 0) is 6.42 Å². The van der Waals surface area contributed by atoms with Crippen LogP contribution >= 0.6 is 12.6 Å². The minimum Gasteiger partial charge on any atom is -0.380 e. The van der Waals surface area contributed by atoms with E-state index in [1.54, 1.807) is 0 Å². The average Bonchev–Trinajstić information content (AvgIpc) is 1.87. The van der Waals surface area contributed by atoms with Gasteiger partial charge in [-0.2, -0.15) is 12.6 Å². The lowest BCUT2D eigenvalue weighted by atomic mass is 10.3. The maximum absolute atomic E-state index is 5.32. The molecule has 0 rings (SSSR count). The van der Waals surface area contributed by atoms with Crippen molar-refractivity contribution in [3.8, 4) is 0 Å². The van der Waals surface area contributed by atoms with Crippen molar-refractivity contribution in [2.45, 2.75) is 38.4 Å². The average molecular weight is 162 g/mol. The van der Waals surface area contributed by atoms with Crippen LogP contribution in [0, 0.1) is 0 Å². The quantitative estimate of drug-likeness (QED) is 0.466. The predicted octanol–water partition coefficient (Wildman–Crippen LogP) is 2.51. The van der Waals surface area contributed by atoms with Gasteiger partial charge in [0.05, 0.1) is 6.61 Å². The van der Waals surface area contributed by atoms with Crippen LogP contribution in [0.1, 0.15) is 33.1 Å². The molecule has 1 nitrogen and oxygen atoms in total. The maximum Gasteiger partial charge on any atom is 0.0579 e. The Bertz CT molecular complexity index is 64.3. The normalized spacial score (nSPS) is 13.5. The van der Waals surface area contributed by atoms with Crippen molar-refractivity contribution < 1.29 is 4.74 Å². The Kier molecular flexibility index (Phi) is 7.65. The molecule has 0 aromatic rings. The summed E-state index contributed by atoms with van der Waals surface area (Å²) in [5.41, 5.74) is 0. The molecular formula is C8H18OS. The van der Waals surface area contributed by atoms with E-state index >= 15 is 0 Å². The van der Waals surface area contributed by atoms with E-state index in [4.69, 9.17) is 4.74 Å². The monoisotopic (exact) mass is 162 g/mol. The summed E-state index contributed by atoms with van der Waals surface area (Å²) in [5, 5.41) is 0.377. The van der Waals surface area contributed by atoms with Crippen LogP contribution < -0.4 is 0 Å². The lowest BCUT2D eigenvalue weighted by Crippen LogP contribution is -2.05. The van der Waals surface area contributed by atoms with Gasteiger partial charge >= 0.3 is 0 Å². The van der Waals surface area contributed by atoms with Gasteiger partial charge in [-0.15, -0.1) is 0 Å². The zero-order chi connectivity index (χ0) is 7.82. The molecule has 0 fully saturated rings. The zero-order valence-corrected chi connectivity index (χ0v) is 7.86. The highest BCUT2D eigenvalue weighted by atomic mass is 32.1. The maximum atomic E-state index is 5.32. The van der Waals surface area contributed by atoms with Crippen LogP contribution in [0.4, 0.5) is 0 Å². The van der Waals surface area contributed by atoms with E-state index in [9.17, 15) is 0 Å². The first-order chi connectivity index (χ1) is 4.77. The third kappa shape index (κ3) is 8.31. The first-order valence-corrected chi connectivity index (χ1v) is 4.54. The summed E-state index contributed by atoms with van der Waals surface area (Å²) in [7, 11) is 0. The van der Waals surface area contributed by atoms with E-state index < -0.39 is 0 Å².